The molecule has 164 valence electrons. The number of benzene rings is 3. The van der Waals surface area contributed by atoms with Crippen molar-refractivity contribution >= 4 is 17.4 Å². The lowest BCUT2D eigenvalue weighted by molar-refractivity contribution is 0.102. The molecule has 0 unspecified atom stereocenters. The summed E-state index contributed by atoms with van der Waals surface area (Å²) in [5.74, 6) is 2.16. The minimum atomic E-state index is -0.186. The number of nitrogens with zero attached hydrogens (tertiary/aromatic N) is 3. The van der Waals surface area contributed by atoms with Crippen LogP contribution in [0.1, 0.15) is 23.2 Å². The molecule has 1 amide bonds. The predicted octanol–water partition coefficient (Wildman–Crippen LogP) is 5.79. The molecule has 3 aromatic carbocycles. The molecule has 6 heteroatoms. The zero-order chi connectivity index (χ0) is 22.5. The molecule has 1 fully saturated rings. The highest BCUT2D eigenvalue weighted by atomic mass is 16.5. The summed E-state index contributed by atoms with van der Waals surface area (Å²) in [6.07, 6.45) is 2.40. The molecule has 1 aromatic heterocycles. The number of para-hydroxylation sites is 1. The third-order valence-corrected chi connectivity index (χ3v) is 5.59. The van der Waals surface area contributed by atoms with Gasteiger partial charge in [0.2, 0.25) is 0 Å². The van der Waals surface area contributed by atoms with Crippen LogP contribution in [0, 0.1) is 0 Å². The zero-order valence-corrected chi connectivity index (χ0v) is 18.1. The van der Waals surface area contributed by atoms with Gasteiger partial charge in [-0.1, -0.05) is 30.3 Å². The Morgan fingerprint density at radius 3 is 2.27 bits per heavy atom. The number of amides is 1. The first-order valence-electron chi connectivity index (χ1n) is 11.1. The number of ether oxygens (including phenoxy) is 1. The Hall–Kier alpha value is -4.19. The fraction of sp³-hybridized carbons (Fsp3) is 0.148. The predicted molar refractivity (Wildman–Crippen MR) is 130 cm³/mol. The van der Waals surface area contributed by atoms with Gasteiger partial charge in [-0.2, -0.15) is 0 Å². The van der Waals surface area contributed by atoms with Gasteiger partial charge in [-0.05, 0) is 73.5 Å². The highest BCUT2D eigenvalue weighted by molar-refractivity contribution is 6.04. The molecule has 33 heavy (non-hydrogen) atoms. The smallest absolute Gasteiger partial charge is 0.255 e. The summed E-state index contributed by atoms with van der Waals surface area (Å²) in [6, 6.07) is 28.2. The van der Waals surface area contributed by atoms with Crippen LogP contribution in [0.15, 0.2) is 91.0 Å². The molecule has 6 nitrogen and oxygen atoms in total. The minimum Gasteiger partial charge on any atom is -0.457 e. The molecular weight excluding hydrogens is 412 g/mol. The Bertz CT molecular complexity index is 1220. The van der Waals surface area contributed by atoms with Crippen LogP contribution in [0.4, 0.5) is 11.5 Å². The van der Waals surface area contributed by atoms with E-state index in [1.165, 1.54) is 12.8 Å². The van der Waals surface area contributed by atoms with Gasteiger partial charge in [-0.3, -0.25) is 4.79 Å². The van der Waals surface area contributed by atoms with Crippen LogP contribution in [0.2, 0.25) is 0 Å². The third-order valence-electron chi connectivity index (χ3n) is 5.59. The second kappa shape index (κ2) is 9.53. The highest BCUT2D eigenvalue weighted by Crippen LogP contribution is 2.24. The molecule has 2 heterocycles. The number of anilines is 2. The molecular formula is C27H24N4O2. The van der Waals surface area contributed by atoms with E-state index in [1.54, 1.807) is 24.3 Å². The summed E-state index contributed by atoms with van der Waals surface area (Å²) in [5, 5.41) is 11.7. The van der Waals surface area contributed by atoms with Crippen molar-refractivity contribution in [3.05, 3.63) is 96.6 Å². The number of hydrogen-bond donors (Lipinski definition) is 1. The molecule has 0 bridgehead atoms. The van der Waals surface area contributed by atoms with E-state index >= 15 is 0 Å². The summed E-state index contributed by atoms with van der Waals surface area (Å²) in [6.45, 7) is 2.07. The fourth-order valence-corrected chi connectivity index (χ4v) is 3.85. The van der Waals surface area contributed by atoms with Gasteiger partial charge in [-0.15, -0.1) is 10.2 Å². The van der Waals surface area contributed by atoms with Crippen molar-refractivity contribution in [1.29, 1.82) is 0 Å². The third kappa shape index (κ3) is 5.01. The Morgan fingerprint density at radius 1 is 0.788 bits per heavy atom. The average Bonchev–Trinajstić information content (AvgIpc) is 3.41. The molecule has 0 spiro atoms. The quantitative estimate of drug-likeness (QED) is 0.414. The van der Waals surface area contributed by atoms with Gasteiger partial charge in [0, 0.05) is 29.9 Å². The average molecular weight is 437 g/mol. The van der Waals surface area contributed by atoms with Gasteiger partial charge in [0.1, 0.15) is 11.5 Å². The lowest BCUT2D eigenvalue weighted by Gasteiger charge is -2.15. The number of carbonyl (C=O) groups excluding carboxylic acids is 1. The lowest BCUT2D eigenvalue weighted by Crippen LogP contribution is -2.19. The number of carbonyl (C=O) groups is 1. The SMILES string of the molecule is O=C(Nc1cccc(-c2ccc(N3CCCC3)nn2)c1)c1ccc(Oc2ccccc2)cc1. The van der Waals surface area contributed by atoms with E-state index in [4.69, 9.17) is 4.74 Å². The van der Waals surface area contributed by atoms with E-state index in [0.717, 1.165) is 35.9 Å². The van der Waals surface area contributed by atoms with Crippen LogP contribution in [0.5, 0.6) is 11.5 Å². The number of hydrogen-bond acceptors (Lipinski definition) is 5. The van der Waals surface area contributed by atoms with Crippen LogP contribution in [0.3, 0.4) is 0 Å². The molecule has 0 radical (unpaired) electrons. The van der Waals surface area contributed by atoms with Crippen molar-refractivity contribution < 1.29 is 9.53 Å². The maximum Gasteiger partial charge on any atom is 0.255 e. The van der Waals surface area contributed by atoms with Gasteiger partial charge in [0.15, 0.2) is 5.82 Å². The maximum atomic E-state index is 12.7. The first kappa shape index (κ1) is 20.7. The van der Waals surface area contributed by atoms with Gasteiger partial charge in [-0.25, -0.2) is 0 Å². The molecule has 0 aliphatic carbocycles. The van der Waals surface area contributed by atoms with Crippen molar-refractivity contribution in [2.45, 2.75) is 12.8 Å². The first-order chi connectivity index (χ1) is 16.2. The summed E-state index contributed by atoms with van der Waals surface area (Å²) < 4.78 is 5.79. The Labute approximate surface area is 192 Å². The van der Waals surface area contributed by atoms with Gasteiger partial charge < -0.3 is 15.0 Å². The van der Waals surface area contributed by atoms with E-state index in [1.807, 2.05) is 66.7 Å². The van der Waals surface area contributed by atoms with Crippen LogP contribution in [-0.4, -0.2) is 29.2 Å². The molecule has 1 aliphatic heterocycles. The summed E-state index contributed by atoms with van der Waals surface area (Å²) in [5.41, 5.74) is 2.93. The largest absolute Gasteiger partial charge is 0.457 e. The monoisotopic (exact) mass is 436 g/mol. The molecule has 5 rings (SSSR count). The molecule has 1 N–H and O–H groups in total. The van der Waals surface area contributed by atoms with Gasteiger partial charge >= 0.3 is 0 Å². The van der Waals surface area contributed by atoms with Crippen LogP contribution < -0.4 is 15.0 Å². The normalized spacial score (nSPS) is 13.0. The Balaban J connectivity index is 1.25. The summed E-state index contributed by atoms with van der Waals surface area (Å²) in [4.78, 5) is 15.0. The van der Waals surface area contributed by atoms with Crippen LogP contribution >= 0.6 is 0 Å². The van der Waals surface area contributed by atoms with Crippen molar-refractivity contribution in [3.63, 3.8) is 0 Å². The van der Waals surface area contributed by atoms with Crippen molar-refractivity contribution in [2.24, 2.45) is 0 Å². The highest BCUT2D eigenvalue weighted by Gasteiger charge is 2.14. The molecule has 1 aliphatic rings. The van der Waals surface area contributed by atoms with Crippen molar-refractivity contribution in [3.8, 4) is 22.8 Å². The number of aromatic nitrogens is 2. The summed E-state index contributed by atoms with van der Waals surface area (Å²) in [7, 11) is 0. The second-order valence-electron chi connectivity index (χ2n) is 7.95. The van der Waals surface area contributed by atoms with Crippen molar-refractivity contribution in [2.75, 3.05) is 23.3 Å². The van der Waals surface area contributed by atoms with Crippen molar-refractivity contribution in [1.82, 2.24) is 10.2 Å². The van der Waals surface area contributed by atoms with Crippen LogP contribution in [0.25, 0.3) is 11.3 Å². The van der Waals surface area contributed by atoms with E-state index in [2.05, 4.69) is 20.4 Å². The van der Waals surface area contributed by atoms with E-state index < -0.39 is 0 Å². The fourth-order valence-electron chi connectivity index (χ4n) is 3.85. The minimum absolute atomic E-state index is 0.186. The Kier molecular flexibility index (Phi) is 5.97. The first-order valence-corrected chi connectivity index (χ1v) is 11.1. The van der Waals surface area contributed by atoms with Crippen LogP contribution in [-0.2, 0) is 0 Å². The molecule has 0 saturated carbocycles. The maximum absolute atomic E-state index is 12.7. The lowest BCUT2D eigenvalue weighted by atomic mass is 10.1. The van der Waals surface area contributed by atoms with Gasteiger partial charge in [0.25, 0.3) is 5.91 Å². The molecule has 4 aromatic rings. The van der Waals surface area contributed by atoms with E-state index in [9.17, 15) is 4.79 Å². The topological polar surface area (TPSA) is 67.4 Å². The van der Waals surface area contributed by atoms with Gasteiger partial charge in [0.05, 0.1) is 5.69 Å². The standard InChI is InChI=1S/C27H24N4O2/c32-27(20-11-13-24(14-12-20)33-23-9-2-1-3-10-23)28-22-8-6-7-21(19-22)25-15-16-26(30-29-25)31-17-4-5-18-31/h1-3,6-16,19H,4-5,17-18H2,(H,28,32). The number of rotatable bonds is 6. The molecule has 1 saturated heterocycles. The Morgan fingerprint density at radius 2 is 1.55 bits per heavy atom. The van der Waals surface area contributed by atoms with E-state index in [0.29, 0.717) is 17.0 Å². The second-order valence-corrected chi connectivity index (χ2v) is 7.95. The molecule has 0 atom stereocenters. The van der Waals surface area contributed by atoms with E-state index in [-0.39, 0.29) is 5.91 Å². The summed E-state index contributed by atoms with van der Waals surface area (Å²) >= 11 is 0. The number of nitrogens with one attached hydrogen (secondary N) is 1. The zero-order valence-electron chi connectivity index (χ0n) is 18.1.